The fraction of sp³-hybridized carbons (Fsp3) is 0.625. The van der Waals surface area contributed by atoms with Gasteiger partial charge in [0.15, 0.2) is 0 Å². The first-order chi connectivity index (χ1) is 9.62. The molecule has 2 nitrogen and oxygen atoms in total. The Morgan fingerprint density at radius 1 is 1.10 bits per heavy atom. The van der Waals surface area contributed by atoms with E-state index in [1.54, 1.807) is 0 Å². The maximum Gasteiger partial charge on any atom is 0.416 e. The molecule has 0 aliphatic rings. The van der Waals surface area contributed by atoms with E-state index in [2.05, 4.69) is 12.2 Å². The van der Waals surface area contributed by atoms with Crippen molar-refractivity contribution in [2.24, 2.45) is 0 Å². The van der Waals surface area contributed by atoms with Gasteiger partial charge in [0.2, 0.25) is 0 Å². The maximum atomic E-state index is 12.5. The number of hydrogen-bond donors (Lipinski definition) is 1. The predicted octanol–water partition coefficient (Wildman–Crippen LogP) is 5.10. The van der Waals surface area contributed by atoms with Crippen LogP contribution in [0.5, 0.6) is 0 Å². The van der Waals surface area contributed by atoms with Gasteiger partial charge in [-0.25, -0.2) is 0 Å². The van der Waals surface area contributed by atoms with Gasteiger partial charge in [-0.05, 0) is 51.5 Å². The van der Waals surface area contributed by atoms with Gasteiger partial charge in [0.25, 0.3) is 0 Å². The summed E-state index contributed by atoms with van der Waals surface area (Å²) in [6, 6.07) is 5.20. The third kappa shape index (κ3) is 6.85. The molecule has 0 heterocycles. The van der Waals surface area contributed by atoms with Crippen LogP contribution in [0, 0.1) is 0 Å². The number of halogens is 3. The van der Waals surface area contributed by atoms with Crippen LogP contribution in [-0.2, 0) is 10.9 Å². The Labute approximate surface area is 124 Å². The fourth-order valence-corrected chi connectivity index (χ4v) is 1.89. The minimum absolute atomic E-state index is 0.0889. The van der Waals surface area contributed by atoms with Crippen molar-refractivity contribution in [1.29, 1.82) is 0 Å². The number of anilines is 1. The first-order valence-electron chi connectivity index (χ1n) is 7.19. The van der Waals surface area contributed by atoms with Gasteiger partial charge in [-0.2, -0.15) is 13.2 Å². The van der Waals surface area contributed by atoms with Gasteiger partial charge in [0.05, 0.1) is 17.8 Å². The standard InChI is InChI=1S/C16H24F3NO/c1-5-6-14(11-21-15(2,3)4)20-13-9-7-12(8-10-13)16(17,18)19/h7-10,14,20H,5-6,11H2,1-4H3/t14-/m1/s1. The average Bonchev–Trinajstić information content (AvgIpc) is 2.35. The number of rotatable bonds is 6. The minimum Gasteiger partial charge on any atom is -0.380 e. The molecular weight excluding hydrogens is 279 g/mol. The Kier molecular flexibility index (Phi) is 6.08. The van der Waals surface area contributed by atoms with E-state index in [0.29, 0.717) is 12.3 Å². The molecule has 0 spiro atoms. The highest BCUT2D eigenvalue weighted by atomic mass is 19.4. The SMILES string of the molecule is CCC[C@H](COC(C)(C)C)Nc1ccc(C(F)(F)F)cc1. The smallest absolute Gasteiger partial charge is 0.380 e. The van der Waals surface area contributed by atoms with Crippen LogP contribution in [0.2, 0.25) is 0 Å². The molecule has 0 fully saturated rings. The van der Waals surface area contributed by atoms with E-state index in [9.17, 15) is 13.2 Å². The van der Waals surface area contributed by atoms with Gasteiger partial charge >= 0.3 is 6.18 Å². The highest BCUT2D eigenvalue weighted by molar-refractivity contribution is 5.46. The normalized spacial score (nSPS) is 14.0. The number of benzene rings is 1. The Balaban J connectivity index is 2.66. The lowest BCUT2D eigenvalue weighted by Gasteiger charge is -2.25. The molecule has 0 bridgehead atoms. The zero-order valence-electron chi connectivity index (χ0n) is 13.1. The highest BCUT2D eigenvalue weighted by Crippen LogP contribution is 2.30. The van der Waals surface area contributed by atoms with Crippen molar-refractivity contribution in [3.63, 3.8) is 0 Å². The number of alkyl halides is 3. The molecule has 0 radical (unpaired) electrons. The van der Waals surface area contributed by atoms with E-state index in [0.717, 1.165) is 25.0 Å². The summed E-state index contributed by atoms with van der Waals surface area (Å²) in [5.74, 6) is 0. The fourth-order valence-electron chi connectivity index (χ4n) is 1.89. The average molecular weight is 303 g/mol. The van der Waals surface area contributed by atoms with E-state index in [1.165, 1.54) is 12.1 Å². The van der Waals surface area contributed by atoms with Crippen LogP contribution in [-0.4, -0.2) is 18.2 Å². The van der Waals surface area contributed by atoms with Crippen LogP contribution >= 0.6 is 0 Å². The van der Waals surface area contributed by atoms with Crippen molar-refractivity contribution >= 4 is 5.69 Å². The summed E-state index contributed by atoms with van der Waals surface area (Å²) < 4.78 is 43.3. The van der Waals surface area contributed by atoms with Gasteiger partial charge in [-0.3, -0.25) is 0 Å². The van der Waals surface area contributed by atoms with Crippen molar-refractivity contribution in [2.45, 2.75) is 58.4 Å². The molecule has 1 aromatic carbocycles. The third-order valence-electron chi connectivity index (χ3n) is 2.94. The molecular formula is C16H24F3NO. The Hall–Kier alpha value is -1.23. The molecule has 0 saturated heterocycles. The van der Waals surface area contributed by atoms with E-state index < -0.39 is 11.7 Å². The summed E-state index contributed by atoms with van der Waals surface area (Å²) in [5, 5.41) is 3.24. The molecule has 1 N–H and O–H groups in total. The predicted molar refractivity (Wildman–Crippen MR) is 79.5 cm³/mol. The van der Waals surface area contributed by atoms with Crippen molar-refractivity contribution in [3.8, 4) is 0 Å². The van der Waals surface area contributed by atoms with Crippen LogP contribution in [0.15, 0.2) is 24.3 Å². The second-order valence-electron chi connectivity index (χ2n) is 6.13. The maximum absolute atomic E-state index is 12.5. The lowest BCUT2D eigenvalue weighted by atomic mass is 10.1. The van der Waals surface area contributed by atoms with E-state index in [-0.39, 0.29) is 11.6 Å². The van der Waals surface area contributed by atoms with Crippen LogP contribution < -0.4 is 5.32 Å². The largest absolute Gasteiger partial charge is 0.416 e. The molecule has 1 rings (SSSR count). The van der Waals surface area contributed by atoms with Gasteiger partial charge < -0.3 is 10.1 Å². The van der Waals surface area contributed by atoms with Crippen LogP contribution in [0.4, 0.5) is 18.9 Å². The zero-order valence-corrected chi connectivity index (χ0v) is 13.1. The summed E-state index contributed by atoms with van der Waals surface area (Å²) in [5.41, 5.74) is -0.182. The lowest BCUT2D eigenvalue weighted by Crippen LogP contribution is -2.31. The Bertz CT molecular complexity index is 421. The molecule has 0 unspecified atom stereocenters. The minimum atomic E-state index is -4.29. The zero-order chi connectivity index (χ0) is 16.1. The summed E-state index contributed by atoms with van der Waals surface area (Å²) in [6.07, 6.45) is -2.42. The molecule has 5 heteroatoms. The Morgan fingerprint density at radius 2 is 1.67 bits per heavy atom. The van der Waals surface area contributed by atoms with Crippen molar-refractivity contribution in [3.05, 3.63) is 29.8 Å². The van der Waals surface area contributed by atoms with Crippen molar-refractivity contribution < 1.29 is 17.9 Å². The molecule has 0 saturated carbocycles. The van der Waals surface area contributed by atoms with Gasteiger partial charge in [0, 0.05) is 11.7 Å². The number of hydrogen-bond acceptors (Lipinski definition) is 2. The summed E-state index contributed by atoms with van der Waals surface area (Å²) in [7, 11) is 0. The monoisotopic (exact) mass is 303 g/mol. The second kappa shape index (κ2) is 7.16. The first-order valence-corrected chi connectivity index (χ1v) is 7.19. The highest BCUT2D eigenvalue weighted by Gasteiger charge is 2.30. The summed E-state index contributed by atoms with van der Waals surface area (Å²) in [6.45, 7) is 8.53. The van der Waals surface area contributed by atoms with Crippen molar-refractivity contribution in [1.82, 2.24) is 0 Å². The molecule has 1 atom stereocenters. The third-order valence-corrected chi connectivity index (χ3v) is 2.94. The molecule has 1 aromatic rings. The first kappa shape index (κ1) is 17.8. The van der Waals surface area contributed by atoms with E-state index >= 15 is 0 Å². The van der Waals surface area contributed by atoms with Crippen LogP contribution in [0.3, 0.4) is 0 Å². The molecule has 0 aliphatic heterocycles. The van der Waals surface area contributed by atoms with Gasteiger partial charge in [-0.15, -0.1) is 0 Å². The molecule has 0 aromatic heterocycles. The second-order valence-corrected chi connectivity index (χ2v) is 6.13. The summed E-state index contributed by atoms with van der Waals surface area (Å²) >= 11 is 0. The lowest BCUT2D eigenvalue weighted by molar-refractivity contribution is -0.137. The van der Waals surface area contributed by atoms with Crippen LogP contribution in [0.1, 0.15) is 46.1 Å². The quantitative estimate of drug-likeness (QED) is 0.789. The van der Waals surface area contributed by atoms with Gasteiger partial charge in [0.1, 0.15) is 0 Å². The molecule has 120 valence electrons. The van der Waals surface area contributed by atoms with Crippen molar-refractivity contribution in [2.75, 3.05) is 11.9 Å². The van der Waals surface area contributed by atoms with Crippen LogP contribution in [0.25, 0.3) is 0 Å². The van der Waals surface area contributed by atoms with E-state index in [4.69, 9.17) is 4.74 Å². The van der Waals surface area contributed by atoms with E-state index in [1.807, 2.05) is 20.8 Å². The summed E-state index contributed by atoms with van der Waals surface area (Å²) in [4.78, 5) is 0. The number of ether oxygens (including phenoxy) is 1. The Morgan fingerprint density at radius 3 is 2.10 bits per heavy atom. The number of nitrogens with one attached hydrogen (secondary N) is 1. The van der Waals surface area contributed by atoms with Gasteiger partial charge in [-0.1, -0.05) is 13.3 Å². The molecule has 0 aliphatic carbocycles. The molecule has 0 amide bonds. The topological polar surface area (TPSA) is 21.3 Å². The molecule has 21 heavy (non-hydrogen) atoms.